The highest BCUT2D eigenvalue weighted by atomic mass is 127. The van der Waals surface area contributed by atoms with Gasteiger partial charge in [-0.3, -0.25) is 9.59 Å². The van der Waals surface area contributed by atoms with Gasteiger partial charge in [-0.2, -0.15) is 0 Å². The molecule has 0 radical (unpaired) electrons. The number of hydrogen-bond donors (Lipinski definition) is 0. The third-order valence-electron chi connectivity index (χ3n) is 6.34. The molecule has 1 aliphatic heterocycles. The van der Waals surface area contributed by atoms with Crippen LogP contribution in [0, 0.1) is 8.99 Å². The molecule has 0 N–H and O–H groups in total. The number of nitrogens with zero attached hydrogens (tertiary/aromatic N) is 2. The van der Waals surface area contributed by atoms with Gasteiger partial charge >= 0.3 is 8.32 Å². The molecule has 5 nitrogen and oxygen atoms in total. The Morgan fingerprint density at radius 2 is 1.50 bits per heavy atom. The fourth-order valence-corrected chi connectivity index (χ4v) is 9.65. The summed E-state index contributed by atoms with van der Waals surface area (Å²) in [6, 6.07) is 22.5. The first kappa shape index (κ1) is 24.6. The van der Waals surface area contributed by atoms with Crippen LogP contribution in [0.4, 0.5) is 5.82 Å². The number of anilines is 1. The van der Waals surface area contributed by atoms with Crippen LogP contribution in [-0.4, -0.2) is 25.1 Å². The van der Waals surface area contributed by atoms with Gasteiger partial charge in [-0.15, -0.1) is 0 Å². The molecule has 0 unspecified atom stereocenters. The Kier molecular flexibility index (Phi) is 6.46. The van der Waals surface area contributed by atoms with E-state index in [0.717, 1.165) is 13.9 Å². The van der Waals surface area contributed by atoms with E-state index < -0.39 is 13.7 Å². The zero-order valence-corrected chi connectivity index (χ0v) is 23.3. The maximum Gasteiger partial charge on any atom is 0.320 e. The van der Waals surface area contributed by atoms with Crippen LogP contribution in [0.2, 0.25) is 5.04 Å². The van der Waals surface area contributed by atoms with Gasteiger partial charge in [0.25, 0.3) is 0 Å². The van der Waals surface area contributed by atoms with Gasteiger partial charge in [-0.25, -0.2) is 9.88 Å². The van der Waals surface area contributed by atoms with Gasteiger partial charge in [-0.05, 0) is 38.0 Å². The van der Waals surface area contributed by atoms with Crippen LogP contribution in [0.3, 0.4) is 0 Å². The molecule has 2 amide bonds. The van der Waals surface area contributed by atoms with E-state index in [1.165, 1.54) is 4.90 Å². The second-order valence-corrected chi connectivity index (χ2v) is 15.7. The van der Waals surface area contributed by atoms with E-state index in [1.54, 1.807) is 26.1 Å². The summed E-state index contributed by atoms with van der Waals surface area (Å²) in [4.78, 5) is 31.3. The maximum absolute atomic E-state index is 13.0. The number of carbonyl (C=O) groups excluding carboxylic acids is 2. The van der Waals surface area contributed by atoms with Gasteiger partial charge in [0.05, 0.1) is 8.99 Å². The smallest absolute Gasteiger partial charge is 0.320 e. The Morgan fingerprint density at radius 1 is 0.971 bits per heavy atom. The van der Waals surface area contributed by atoms with Crippen LogP contribution in [0.1, 0.15) is 41.0 Å². The first-order chi connectivity index (χ1) is 16.0. The lowest BCUT2D eigenvalue weighted by atomic mass is 9.92. The van der Waals surface area contributed by atoms with Crippen molar-refractivity contribution in [1.82, 2.24) is 4.98 Å². The highest BCUT2D eigenvalue weighted by Gasteiger charge is 2.52. The zero-order valence-electron chi connectivity index (χ0n) is 20.1. The Balaban J connectivity index is 1.89. The van der Waals surface area contributed by atoms with Crippen molar-refractivity contribution in [2.24, 2.45) is 5.41 Å². The molecule has 34 heavy (non-hydrogen) atoms. The van der Waals surface area contributed by atoms with Gasteiger partial charge in [-0.1, -0.05) is 95.3 Å². The highest BCUT2D eigenvalue weighted by Crippen LogP contribution is 2.40. The average molecular weight is 585 g/mol. The van der Waals surface area contributed by atoms with Gasteiger partial charge < -0.3 is 4.43 Å². The first-order valence-corrected chi connectivity index (χ1v) is 14.3. The lowest BCUT2D eigenvalue weighted by molar-refractivity contribution is -0.124. The van der Waals surface area contributed by atoms with Crippen LogP contribution in [0.15, 0.2) is 72.9 Å². The first-order valence-electron chi connectivity index (χ1n) is 11.3. The number of carbonyl (C=O) groups is 2. The van der Waals surface area contributed by atoms with Crippen LogP contribution in [0.5, 0.6) is 5.75 Å². The Labute approximate surface area is 215 Å². The second kappa shape index (κ2) is 8.92. The topological polar surface area (TPSA) is 59.5 Å². The molecule has 0 spiro atoms. The summed E-state index contributed by atoms with van der Waals surface area (Å²) in [6.07, 6.45) is 1.85. The monoisotopic (exact) mass is 584 g/mol. The number of amides is 2. The molecule has 4 rings (SSSR count). The van der Waals surface area contributed by atoms with Gasteiger partial charge in [0.1, 0.15) is 11.6 Å². The summed E-state index contributed by atoms with van der Waals surface area (Å²) in [5, 5.41) is 2.08. The van der Waals surface area contributed by atoms with Crippen molar-refractivity contribution in [3.05, 3.63) is 76.5 Å². The molecule has 0 aliphatic carbocycles. The van der Waals surface area contributed by atoms with Gasteiger partial charge in [0.15, 0.2) is 0 Å². The Hall–Kier alpha value is -2.52. The third-order valence-corrected chi connectivity index (χ3v) is 12.1. The molecule has 1 fully saturated rings. The van der Waals surface area contributed by atoms with E-state index >= 15 is 0 Å². The normalized spacial score (nSPS) is 16.1. The van der Waals surface area contributed by atoms with Crippen LogP contribution < -0.4 is 19.7 Å². The van der Waals surface area contributed by atoms with E-state index in [4.69, 9.17) is 4.43 Å². The number of pyridine rings is 1. The Morgan fingerprint density at radius 3 is 1.94 bits per heavy atom. The predicted octanol–water partition coefficient (Wildman–Crippen LogP) is 4.91. The number of aromatic nitrogens is 1. The van der Waals surface area contributed by atoms with E-state index in [1.807, 2.05) is 36.4 Å². The van der Waals surface area contributed by atoms with Crippen LogP contribution in [0.25, 0.3) is 0 Å². The summed E-state index contributed by atoms with van der Waals surface area (Å²) < 4.78 is 7.96. The molecule has 1 aromatic heterocycles. The molecular weight excluding hydrogens is 555 g/mol. The second-order valence-electron chi connectivity index (χ2n) is 10.3. The third kappa shape index (κ3) is 4.20. The summed E-state index contributed by atoms with van der Waals surface area (Å²) in [5.41, 5.74) is -0.735. The number of rotatable bonds is 5. The van der Waals surface area contributed by atoms with E-state index in [2.05, 4.69) is 72.6 Å². The fourth-order valence-electron chi connectivity index (χ4n) is 4.61. The Bertz CT molecular complexity index is 1180. The SMILES string of the molecule is CC1(C)CC(=O)N(c2cc(O[Si](c3ccccc3)(c3ccccc3)C(C)(C)C)c(I)cn2)C1=O. The fraction of sp³-hybridized carbons (Fsp3) is 0.296. The van der Waals surface area contributed by atoms with Crippen molar-refractivity contribution >= 4 is 58.9 Å². The lowest BCUT2D eigenvalue weighted by Crippen LogP contribution is -2.68. The number of imide groups is 1. The zero-order chi connectivity index (χ0) is 24.7. The molecule has 0 atom stereocenters. The number of benzene rings is 2. The molecule has 3 aromatic rings. The molecule has 1 saturated heterocycles. The van der Waals surface area contributed by atoms with E-state index in [9.17, 15) is 9.59 Å². The summed E-state index contributed by atoms with van der Waals surface area (Å²) in [5.74, 6) is 0.474. The van der Waals surface area contributed by atoms with Crippen molar-refractivity contribution in [1.29, 1.82) is 0 Å². The van der Waals surface area contributed by atoms with Crippen molar-refractivity contribution < 1.29 is 14.0 Å². The van der Waals surface area contributed by atoms with E-state index in [0.29, 0.717) is 11.6 Å². The standard InChI is InChI=1S/C27H29IN2O3Si/c1-26(2,3)34(19-12-8-6-9-13-19,20-14-10-7-11-15-20)33-22-16-23(29-18-21(22)28)30-24(31)17-27(4,5)25(30)32/h6-16,18H,17H2,1-5H3. The minimum atomic E-state index is -2.87. The molecular formula is C27H29IN2O3Si. The molecule has 1 aliphatic rings. The van der Waals surface area contributed by atoms with E-state index in [-0.39, 0.29) is 23.3 Å². The van der Waals surface area contributed by atoms with Crippen molar-refractivity contribution in [2.75, 3.05) is 4.90 Å². The summed E-state index contributed by atoms with van der Waals surface area (Å²) in [6.45, 7) is 10.2. The number of hydrogen-bond acceptors (Lipinski definition) is 4. The molecule has 2 heterocycles. The van der Waals surface area contributed by atoms with Crippen molar-refractivity contribution in [2.45, 2.75) is 46.1 Å². The highest BCUT2D eigenvalue weighted by molar-refractivity contribution is 14.1. The maximum atomic E-state index is 13.0. The minimum absolute atomic E-state index is 0.171. The van der Waals surface area contributed by atoms with Crippen molar-refractivity contribution in [3.8, 4) is 5.75 Å². The molecule has 7 heteroatoms. The molecule has 0 saturated carbocycles. The molecule has 0 bridgehead atoms. The summed E-state index contributed by atoms with van der Waals surface area (Å²) in [7, 11) is -2.87. The quantitative estimate of drug-likeness (QED) is 0.243. The van der Waals surface area contributed by atoms with Crippen molar-refractivity contribution in [3.63, 3.8) is 0 Å². The molecule has 176 valence electrons. The average Bonchev–Trinajstić information content (AvgIpc) is 3.00. The van der Waals surface area contributed by atoms with Crippen LogP contribution >= 0.6 is 22.6 Å². The largest absolute Gasteiger partial charge is 0.533 e. The molecule has 2 aromatic carbocycles. The minimum Gasteiger partial charge on any atom is -0.533 e. The predicted molar refractivity (Wildman–Crippen MR) is 146 cm³/mol. The van der Waals surface area contributed by atoms with Crippen LogP contribution in [-0.2, 0) is 9.59 Å². The lowest BCUT2D eigenvalue weighted by Gasteiger charge is -2.43. The summed E-state index contributed by atoms with van der Waals surface area (Å²) >= 11 is 2.21. The van der Waals surface area contributed by atoms with Gasteiger partial charge in [0, 0.05) is 18.7 Å². The van der Waals surface area contributed by atoms with Gasteiger partial charge in [0.2, 0.25) is 11.8 Å². The number of halogens is 1.